The van der Waals surface area contributed by atoms with Gasteiger partial charge in [0.1, 0.15) is 0 Å². The third kappa shape index (κ3) is 2.80. The minimum absolute atomic E-state index is 0.212. The van der Waals surface area contributed by atoms with Crippen LogP contribution in [0.4, 0.5) is 0 Å². The molecule has 126 valence electrons. The van der Waals surface area contributed by atoms with Crippen molar-refractivity contribution in [1.29, 1.82) is 0 Å². The van der Waals surface area contributed by atoms with Crippen LogP contribution >= 0.6 is 0 Å². The Bertz CT molecular complexity index is 951. The maximum atomic E-state index is 12.8. The predicted octanol–water partition coefficient (Wildman–Crippen LogP) is 4.71. The van der Waals surface area contributed by atoms with Gasteiger partial charge in [0.15, 0.2) is 5.78 Å². The summed E-state index contributed by atoms with van der Waals surface area (Å²) >= 11 is 0. The highest BCUT2D eigenvalue weighted by atomic mass is 16.1. The second-order valence-corrected chi connectivity index (χ2v) is 7.10. The van der Waals surface area contributed by atoms with E-state index in [1.165, 1.54) is 16.7 Å². The number of fused-ring (bicyclic) bond motifs is 1. The number of carbonyl (C=O) groups is 1. The lowest BCUT2D eigenvalue weighted by atomic mass is 9.81. The Balaban J connectivity index is 1.79. The molecule has 0 aliphatic heterocycles. The molecule has 3 nitrogen and oxygen atoms in total. The van der Waals surface area contributed by atoms with E-state index < -0.39 is 0 Å². The Morgan fingerprint density at radius 1 is 0.960 bits per heavy atom. The highest BCUT2D eigenvalue weighted by Gasteiger charge is 2.32. The van der Waals surface area contributed by atoms with Gasteiger partial charge in [-0.2, -0.15) is 5.10 Å². The Hall–Kier alpha value is -2.68. The normalized spacial score (nSPS) is 16.8. The quantitative estimate of drug-likeness (QED) is 0.682. The van der Waals surface area contributed by atoms with Gasteiger partial charge in [-0.05, 0) is 50.8 Å². The Labute approximate surface area is 148 Å². The molecule has 0 saturated carbocycles. The fourth-order valence-electron chi connectivity index (χ4n) is 3.82. The van der Waals surface area contributed by atoms with Gasteiger partial charge in [0.25, 0.3) is 0 Å². The van der Waals surface area contributed by atoms with E-state index in [2.05, 4.69) is 67.5 Å². The van der Waals surface area contributed by atoms with Crippen LogP contribution < -0.4 is 0 Å². The van der Waals surface area contributed by atoms with Crippen LogP contribution in [-0.2, 0) is 6.42 Å². The molecular formula is C22H22N2O. The molecule has 1 atom stereocenters. The second kappa shape index (κ2) is 5.99. The van der Waals surface area contributed by atoms with Gasteiger partial charge in [0.05, 0.1) is 22.6 Å². The Kier molecular flexibility index (Phi) is 3.79. The molecule has 2 aromatic carbocycles. The SMILES string of the molecule is Cc1ccc(-n2nc(C)c3c2CC(c2cccc(C)c2)CC3=O)cc1. The zero-order valence-corrected chi connectivity index (χ0v) is 14.9. The lowest BCUT2D eigenvalue weighted by Crippen LogP contribution is -2.20. The molecule has 1 unspecified atom stereocenters. The van der Waals surface area contributed by atoms with E-state index >= 15 is 0 Å². The number of hydrogen-bond donors (Lipinski definition) is 0. The molecule has 4 rings (SSSR count). The molecule has 1 aliphatic rings. The third-order valence-corrected chi connectivity index (χ3v) is 5.10. The molecule has 0 amide bonds. The number of rotatable bonds is 2. The molecule has 3 aromatic rings. The first kappa shape index (κ1) is 15.8. The van der Waals surface area contributed by atoms with Crippen molar-refractivity contribution in [3.05, 3.63) is 82.2 Å². The number of hydrogen-bond acceptors (Lipinski definition) is 2. The maximum Gasteiger partial charge on any atom is 0.167 e. The van der Waals surface area contributed by atoms with Crippen LogP contribution in [0.25, 0.3) is 5.69 Å². The van der Waals surface area contributed by atoms with Gasteiger partial charge in [-0.15, -0.1) is 0 Å². The van der Waals surface area contributed by atoms with Gasteiger partial charge in [0, 0.05) is 6.42 Å². The largest absolute Gasteiger partial charge is 0.294 e. The highest BCUT2D eigenvalue weighted by molar-refractivity contribution is 6.00. The van der Waals surface area contributed by atoms with Crippen LogP contribution in [0.1, 0.15) is 50.8 Å². The molecule has 0 N–H and O–H groups in total. The molecule has 25 heavy (non-hydrogen) atoms. The monoisotopic (exact) mass is 330 g/mol. The Morgan fingerprint density at radius 3 is 2.44 bits per heavy atom. The van der Waals surface area contributed by atoms with Gasteiger partial charge in [0.2, 0.25) is 0 Å². The first-order valence-electron chi connectivity index (χ1n) is 8.78. The summed E-state index contributed by atoms with van der Waals surface area (Å²) in [5.41, 5.74) is 7.42. The van der Waals surface area contributed by atoms with E-state index in [-0.39, 0.29) is 11.7 Å². The first-order valence-corrected chi connectivity index (χ1v) is 8.78. The molecule has 0 fully saturated rings. The van der Waals surface area contributed by atoms with E-state index in [0.29, 0.717) is 6.42 Å². The van der Waals surface area contributed by atoms with Crippen LogP contribution in [-0.4, -0.2) is 15.6 Å². The van der Waals surface area contributed by atoms with E-state index in [1.54, 1.807) is 0 Å². The molecule has 1 heterocycles. The fraction of sp³-hybridized carbons (Fsp3) is 0.273. The zero-order chi connectivity index (χ0) is 17.6. The van der Waals surface area contributed by atoms with Gasteiger partial charge in [-0.25, -0.2) is 4.68 Å². The van der Waals surface area contributed by atoms with Crippen molar-refractivity contribution in [2.75, 3.05) is 0 Å². The second-order valence-electron chi connectivity index (χ2n) is 7.10. The summed E-state index contributed by atoms with van der Waals surface area (Å²) in [6.45, 7) is 6.11. The molecule has 0 bridgehead atoms. The van der Waals surface area contributed by atoms with Crippen molar-refractivity contribution in [2.45, 2.75) is 39.5 Å². The smallest absolute Gasteiger partial charge is 0.167 e. The van der Waals surface area contributed by atoms with Crippen molar-refractivity contribution in [1.82, 2.24) is 9.78 Å². The number of carbonyl (C=O) groups excluding carboxylic acids is 1. The summed E-state index contributed by atoms with van der Waals surface area (Å²) in [4.78, 5) is 12.8. The molecule has 0 saturated heterocycles. The molecule has 3 heteroatoms. The number of nitrogens with zero attached hydrogens (tertiary/aromatic N) is 2. The van der Waals surface area contributed by atoms with Crippen LogP contribution in [0, 0.1) is 20.8 Å². The summed E-state index contributed by atoms with van der Waals surface area (Å²) in [6.07, 6.45) is 1.41. The average molecular weight is 330 g/mol. The Morgan fingerprint density at radius 2 is 1.72 bits per heavy atom. The molecule has 0 spiro atoms. The highest BCUT2D eigenvalue weighted by Crippen LogP contribution is 2.35. The van der Waals surface area contributed by atoms with E-state index in [9.17, 15) is 4.79 Å². The van der Waals surface area contributed by atoms with E-state index in [0.717, 1.165) is 29.1 Å². The summed E-state index contributed by atoms with van der Waals surface area (Å²) in [6, 6.07) is 16.8. The van der Waals surface area contributed by atoms with Gasteiger partial charge in [-0.3, -0.25) is 4.79 Å². The first-order chi connectivity index (χ1) is 12.0. The summed E-state index contributed by atoms with van der Waals surface area (Å²) in [5, 5.41) is 4.68. The lowest BCUT2D eigenvalue weighted by molar-refractivity contribution is 0.0963. The number of benzene rings is 2. The third-order valence-electron chi connectivity index (χ3n) is 5.10. The van der Waals surface area contributed by atoms with Crippen LogP contribution in [0.5, 0.6) is 0 Å². The van der Waals surface area contributed by atoms with Crippen LogP contribution in [0.3, 0.4) is 0 Å². The average Bonchev–Trinajstić information content (AvgIpc) is 2.93. The molecule has 1 aromatic heterocycles. The summed E-state index contributed by atoms with van der Waals surface area (Å²) in [5.74, 6) is 0.434. The summed E-state index contributed by atoms with van der Waals surface area (Å²) < 4.78 is 1.96. The van der Waals surface area contributed by atoms with Crippen molar-refractivity contribution in [3.8, 4) is 5.69 Å². The lowest BCUT2D eigenvalue weighted by Gasteiger charge is -2.23. The van der Waals surface area contributed by atoms with Crippen molar-refractivity contribution < 1.29 is 4.79 Å². The van der Waals surface area contributed by atoms with E-state index in [4.69, 9.17) is 0 Å². The van der Waals surface area contributed by atoms with Gasteiger partial charge in [-0.1, -0.05) is 47.5 Å². The minimum Gasteiger partial charge on any atom is -0.294 e. The van der Waals surface area contributed by atoms with Crippen molar-refractivity contribution >= 4 is 5.78 Å². The molecule has 0 radical (unpaired) electrons. The van der Waals surface area contributed by atoms with Crippen LogP contribution in [0.2, 0.25) is 0 Å². The number of aromatic nitrogens is 2. The van der Waals surface area contributed by atoms with Crippen LogP contribution in [0.15, 0.2) is 48.5 Å². The zero-order valence-electron chi connectivity index (χ0n) is 14.9. The maximum absolute atomic E-state index is 12.8. The topological polar surface area (TPSA) is 34.9 Å². The number of Topliss-reactive ketones (excluding diaryl/α,β-unsaturated/α-hetero) is 1. The number of ketones is 1. The molecular weight excluding hydrogens is 308 g/mol. The van der Waals surface area contributed by atoms with Crippen molar-refractivity contribution in [3.63, 3.8) is 0 Å². The van der Waals surface area contributed by atoms with Crippen molar-refractivity contribution in [2.24, 2.45) is 0 Å². The van der Waals surface area contributed by atoms with Gasteiger partial charge < -0.3 is 0 Å². The fourth-order valence-corrected chi connectivity index (χ4v) is 3.82. The number of aryl methyl sites for hydroxylation is 3. The minimum atomic E-state index is 0.212. The standard InChI is InChI=1S/C22H22N2O/c1-14-7-9-19(10-8-14)24-20-12-18(17-6-4-5-15(2)11-17)13-21(25)22(20)16(3)23-24/h4-11,18H,12-13H2,1-3H3. The van der Waals surface area contributed by atoms with E-state index in [1.807, 2.05) is 11.6 Å². The van der Waals surface area contributed by atoms with Gasteiger partial charge >= 0.3 is 0 Å². The predicted molar refractivity (Wildman–Crippen MR) is 99.6 cm³/mol. The molecule has 1 aliphatic carbocycles. The summed E-state index contributed by atoms with van der Waals surface area (Å²) in [7, 11) is 0.